The van der Waals surface area contributed by atoms with Gasteiger partial charge >= 0.3 is 0 Å². The van der Waals surface area contributed by atoms with E-state index in [1.54, 1.807) is 6.07 Å². The topological polar surface area (TPSA) is 63.2 Å². The van der Waals surface area contributed by atoms with Crippen LogP contribution in [0.2, 0.25) is 0 Å². The molecule has 76 valence electrons. The number of hydrogen-bond acceptors (Lipinski definition) is 3. The molecule has 1 amide bonds. The standard InChI is InChI=1S/C8H8ClNO3S/c1-10-8(11)6-4-2-3-5-7(6)14(9,12)13/h2-5H,1H3,(H,10,11). The molecule has 1 rings (SSSR count). The van der Waals surface area contributed by atoms with Crippen molar-refractivity contribution in [1.82, 2.24) is 5.32 Å². The lowest BCUT2D eigenvalue weighted by atomic mass is 10.2. The highest BCUT2D eigenvalue weighted by molar-refractivity contribution is 8.13. The quantitative estimate of drug-likeness (QED) is 0.775. The normalized spacial score (nSPS) is 11.0. The van der Waals surface area contributed by atoms with Crippen LogP contribution in [0.3, 0.4) is 0 Å². The van der Waals surface area contributed by atoms with Crippen LogP contribution in [-0.4, -0.2) is 21.4 Å². The summed E-state index contributed by atoms with van der Waals surface area (Å²) in [4.78, 5) is 11.1. The smallest absolute Gasteiger partial charge is 0.262 e. The summed E-state index contributed by atoms with van der Waals surface area (Å²) >= 11 is 0. The molecule has 0 saturated carbocycles. The largest absolute Gasteiger partial charge is 0.355 e. The van der Waals surface area contributed by atoms with Crippen molar-refractivity contribution in [3.05, 3.63) is 29.8 Å². The summed E-state index contributed by atoms with van der Waals surface area (Å²) in [6.45, 7) is 0. The summed E-state index contributed by atoms with van der Waals surface area (Å²) in [5, 5.41) is 2.33. The van der Waals surface area contributed by atoms with Crippen molar-refractivity contribution in [2.24, 2.45) is 0 Å². The van der Waals surface area contributed by atoms with Gasteiger partial charge in [-0.1, -0.05) is 12.1 Å². The number of carbonyl (C=O) groups excluding carboxylic acids is 1. The number of nitrogens with one attached hydrogen (secondary N) is 1. The Balaban J connectivity index is 3.38. The minimum Gasteiger partial charge on any atom is -0.355 e. The number of carbonyl (C=O) groups is 1. The molecular formula is C8H8ClNO3S. The highest BCUT2D eigenvalue weighted by Gasteiger charge is 2.18. The first-order chi connectivity index (χ1) is 6.46. The predicted molar refractivity (Wildman–Crippen MR) is 52.9 cm³/mol. The Hall–Kier alpha value is -1.07. The highest BCUT2D eigenvalue weighted by atomic mass is 35.7. The zero-order valence-electron chi connectivity index (χ0n) is 7.32. The maximum atomic E-state index is 11.2. The van der Waals surface area contributed by atoms with Crippen LogP contribution < -0.4 is 5.32 Å². The SMILES string of the molecule is CNC(=O)c1ccccc1S(=O)(=O)Cl. The summed E-state index contributed by atoms with van der Waals surface area (Å²) in [7, 11) is 2.70. The zero-order chi connectivity index (χ0) is 10.8. The van der Waals surface area contributed by atoms with Crippen LogP contribution in [0.25, 0.3) is 0 Å². The number of benzene rings is 1. The first-order valence-corrected chi connectivity index (χ1v) is 6.03. The van der Waals surface area contributed by atoms with E-state index in [9.17, 15) is 13.2 Å². The van der Waals surface area contributed by atoms with Crippen molar-refractivity contribution in [2.45, 2.75) is 4.90 Å². The second-order valence-corrected chi connectivity index (χ2v) is 5.05. The molecule has 0 fully saturated rings. The van der Waals surface area contributed by atoms with Crippen molar-refractivity contribution < 1.29 is 13.2 Å². The van der Waals surface area contributed by atoms with Crippen molar-refractivity contribution in [2.75, 3.05) is 7.05 Å². The molecule has 1 aromatic carbocycles. The van der Waals surface area contributed by atoms with E-state index >= 15 is 0 Å². The van der Waals surface area contributed by atoms with E-state index in [0.717, 1.165) is 0 Å². The van der Waals surface area contributed by atoms with Gasteiger partial charge < -0.3 is 5.32 Å². The van der Waals surface area contributed by atoms with Gasteiger partial charge in [0.25, 0.3) is 15.0 Å². The van der Waals surface area contributed by atoms with Gasteiger partial charge in [0.15, 0.2) is 0 Å². The molecule has 0 radical (unpaired) electrons. The Bertz CT molecular complexity index is 455. The van der Waals surface area contributed by atoms with Gasteiger partial charge in [0.1, 0.15) is 0 Å². The van der Waals surface area contributed by atoms with Gasteiger partial charge in [0, 0.05) is 17.7 Å². The maximum Gasteiger partial charge on any atom is 0.262 e. The van der Waals surface area contributed by atoms with Crippen molar-refractivity contribution in [1.29, 1.82) is 0 Å². The second-order valence-electron chi connectivity index (χ2n) is 2.51. The fraction of sp³-hybridized carbons (Fsp3) is 0.125. The Morgan fingerprint density at radius 2 is 1.93 bits per heavy atom. The third-order valence-corrected chi connectivity index (χ3v) is 3.00. The first kappa shape index (κ1) is 11.0. The van der Waals surface area contributed by atoms with E-state index in [4.69, 9.17) is 10.7 Å². The predicted octanol–water partition coefficient (Wildman–Crippen LogP) is 0.974. The summed E-state index contributed by atoms with van der Waals surface area (Å²) in [5.74, 6) is -0.482. The van der Waals surface area contributed by atoms with Crippen LogP contribution in [0.1, 0.15) is 10.4 Å². The summed E-state index contributed by atoms with van der Waals surface area (Å²) in [6, 6.07) is 5.75. The third-order valence-electron chi connectivity index (χ3n) is 1.62. The Labute approximate surface area is 86.3 Å². The molecule has 0 atom stereocenters. The van der Waals surface area contributed by atoms with Gasteiger partial charge in [-0.3, -0.25) is 4.79 Å². The second kappa shape index (κ2) is 3.98. The Kier molecular flexibility index (Phi) is 3.13. The van der Waals surface area contributed by atoms with Gasteiger partial charge in [-0.25, -0.2) is 8.42 Å². The average molecular weight is 234 g/mol. The van der Waals surface area contributed by atoms with Crippen molar-refractivity contribution in [3.63, 3.8) is 0 Å². The lowest BCUT2D eigenvalue weighted by Gasteiger charge is -2.03. The van der Waals surface area contributed by atoms with Crippen molar-refractivity contribution >= 4 is 25.6 Å². The molecule has 4 nitrogen and oxygen atoms in total. The fourth-order valence-electron chi connectivity index (χ4n) is 1.00. The molecule has 0 spiro atoms. The molecule has 0 unspecified atom stereocenters. The van der Waals surface area contributed by atoms with Crippen LogP contribution in [0.4, 0.5) is 0 Å². The van der Waals surface area contributed by atoms with E-state index in [0.29, 0.717) is 0 Å². The molecule has 0 aliphatic carbocycles. The fourth-order valence-corrected chi connectivity index (χ4v) is 2.07. The molecule has 0 aliphatic rings. The Morgan fingerprint density at radius 1 is 1.36 bits per heavy atom. The van der Waals surface area contributed by atoms with E-state index in [-0.39, 0.29) is 10.5 Å². The van der Waals surface area contributed by atoms with Crippen LogP contribution in [0, 0.1) is 0 Å². The summed E-state index contributed by atoms with van der Waals surface area (Å²) in [5.41, 5.74) is 0.0463. The molecule has 0 aliphatic heterocycles. The van der Waals surface area contributed by atoms with Crippen LogP contribution >= 0.6 is 10.7 Å². The van der Waals surface area contributed by atoms with Gasteiger partial charge in [-0.15, -0.1) is 0 Å². The van der Waals surface area contributed by atoms with Crippen LogP contribution in [0.15, 0.2) is 29.2 Å². The molecule has 0 heterocycles. The monoisotopic (exact) mass is 233 g/mol. The molecule has 1 aromatic rings. The lowest BCUT2D eigenvalue weighted by Crippen LogP contribution is -2.19. The number of halogens is 1. The molecule has 6 heteroatoms. The van der Waals surface area contributed by atoms with Gasteiger partial charge in [-0.2, -0.15) is 0 Å². The minimum absolute atomic E-state index is 0.0463. The molecule has 14 heavy (non-hydrogen) atoms. The van der Waals surface area contributed by atoms with Crippen LogP contribution in [0.5, 0.6) is 0 Å². The third kappa shape index (κ3) is 2.24. The van der Waals surface area contributed by atoms with Gasteiger partial charge in [0.05, 0.1) is 10.5 Å². The van der Waals surface area contributed by atoms with E-state index in [2.05, 4.69) is 5.32 Å². The summed E-state index contributed by atoms with van der Waals surface area (Å²) in [6.07, 6.45) is 0. The molecule has 1 N–H and O–H groups in total. The van der Waals surface area contributed by atoms with Crippen LogP contribution in [-0.2, 0) is 9.05 Å². The molecule has 0 saturated heterocycles. The number of hydrogen-bond donors (Lipinski definition) is 1. The molecule has 0 bridgehead atoms. The van der Waals surface area contributed by atoms with E-state index in [1.807, 2.05) is 0 Å². The number of amides is 1. The molecular weight excluding hydrogens is 226 g/mol. The van der Waals surface area contributed by atoms with E-state index < -0.39 is 15.0 Å². The van der Waals surface area contributed by atoms with Gasteiger partial charge in [-0.05, 0) is 12.1 Å². The minimum atomic E-state index is -3.88. The zero-order valence-corrected chi connectivity index (χ0v) is 8.89. The lowest BCUT2D eigenvalue weighted by molar-refractivity contribution is 0.0960. The van der Waals surface area contributed by atoms with Crippen molar-refractivity contribution in [3.8, 4) is 0 Å². The molecule has 0 aromatic heterocycles. The van der Waals surface area contributed by atoms with Gasteiger partial charge in [0.2, 0.25) is 0 Å². The maximum absolute atomic E-state index is 11.2. The summed E-state index contributed by atoms with van der Waals surface area (Å²) < 4.78 is 22.1. The first-order valence-electron chi connectivity index (χ1n) is 3.72. The Morgan fingerprint density at radius 3 is 2.43 bits per heavy atom. The average Bonchev–Trinajstić information content (AvgIpc) is 2.15. The number of rotatable bonds is 2. The van der Waals surface area contributed by atoms with E-state index in [1.165, 1.54) is 25.2 Å². The highest BCUT2D eigenvalue weighted by Crippen LogP contribution is 2.19.